The van der Waals surface area contributed by atoms with E-state index in [9.17, 15) is 8.78 Å². The molecule has 0 aliphatic carbocycles. The fraction of sp³-hybridized carbons (Fsp3) is 0.500. The van der Waals surface area contributed by atoms with Gasteiger partial charge in [-0.05, 0) is 26.1 Å². The summed E-state index contributed by atoms with van der Waals surface area (Å²) in [6, 6.07) is 2.24. The first-order valence-electron chi connectivity index (χ1n) is 5.35. The van der Waals surface area contributed by atoms with E-state index in [-0.39, 0.29) is 5.75 Å². The summed E-state index contributed by atoms with van der Waals surface area (Å²) >= 11 is 5.57. The van der Waals surface area contributed by atoms with Gasteiger partial charge in [0.05, 0.1) is 7.11 Å². The maximum atomic E-state index is 13.6. The van der Waals surface area contributed by atoms with Gasteiger partial charge in [0.15, 0.2) is 11.6 Å². The zero-order valence-corrected chi connectivity index (χ0v) is 10.7. The molecular formula is C12H16ClF2NO. The van der Waals surface area contributed by atoms with Crippen LogP contribution in [0.1, 0.15) is 12.0 Å². The van der Waals surface area contributed by atoms with Crippen LogP contribution in [0.2, 0.25) is 0 Å². The predicted octanol–water partition coefficient (Wildman–Crippen LogP) is 3.03. The SMILES string of the molecule is COc1cc(F)c(CN(C)CCCCl)cc1F. The highest BCUT2D eigenvalue weighted by atomic mass is 35.5. The summed E-state index contributed by atoms with van der Waals surface area (Å²) in [5, 5.41) is 0. The number of benzene rings is 1. The van der Waals surface area contributed by atoms with Crippen molar-refractivity contribution in [3.8, 4) is 5.75 Å². The Morgan fingerprint density at radius 2 is 2.00 bits per heavy atom. The van der Waals surface area contributed by atoms with E-state index in [4.69, 9.17) is 16.3 Å². The van der Waals surface area contributed by atoms with Gasteiger partial charge in [-0.15, -0.1) is 11.6 Å². The first-order chi connectivity index (χ1) is 8.08. The largest absolute Gasteiger partial charge is 0.494 e. The number of rotatable bonds is 6. The number of hydrogen-bond donors (Lipinski definition) is 0. The van der Waals surface area contributed by atoms with Crippen LogP contribution in [0.4, 0.5) is 8.78 Å². The lowest BCUT2D eigenvalue weighted by molar-refractivity contribution is 0.320. The van der Waals surface area contributed by atoms with Crippen molar-refractivity contribution >= 4 is 11.6 Å². The van der Waals surface area contributed by atoms with Gasteiger partial charge in [0.1, 0.15) is 5.82 Å². The maximum Gasteiger partial charge on any atom is 0.165 e. The molecule has 1 aromatic carbocycles. The van der Waals surface area contributed by atoms with E-state index >= 15 is 0 Å². The molecule has 0 saturated carbocycles. The highest BCUT2D eigenvalue weighted by molar-refractivity contribution is 6.17. The second kappa shape index (κ2) is 6.77. The van der Waals surface area contributed by atoms with Crippen LogP contribution < -0.4 is 4.74 Å². The Bertz CT molecular complexity index is 374. The number of hydrogen-bond acceptors (Lipinski definition) is 2. The molecule has 1 aromatic rings. The van der Waals surface area contributed by atoms with E-state index in [2.05, 4.69) is 0 Å². The normalized spacial score (nSPS) is 10.9. The molecule has 0 unspecified atom stereocenters. The Balaban J connectivity index is 2.74. The second-order valence-corrected chi connectivity index (χ2v) is 4.24. The first-order valence-corrected chi connectivity index (χ1v) is 5.88. The molecule has 17 heavy (non-hydrogen) atoms. The molecule has 0 aliphatic heterocycles. The number of ether oxygens (including phenoxy) is 1. The van der Waals surface area contributed by atoms with Crippen LogP contribution in [0.3, 0.4) is 0 Å². The van der Waals surface area contributed by atoms with E-state index in [1.807, 2.05) is 11.9 Å². The molecule has 0 N–H and O–H groups in total. The van der Waals surface area contributed by atoms with Gasteiger partial charge in [-0.1, -0.05) is 0 Å². The monoisotopic (exact) mass is 263 g/mol. The third-order valence-corrected chi connectivity index (χ3v) is 2.70. The van der Waals surface area contributed by atoms with Crippen molar-refractivity contribution < 1.29 is 13.5 Å². The van der Waals surface area contributed by atoms with Crippen molar-refractivity contribution in [2.24, 2.45) is 0 Å². The lowest BCUT2D eigenvalue weighted by atomic mass is 10.2. The van der Waals surface area contributed by atoms with E-state index in [0.29, 0.717) is 18.0 Å². The van der Waals surface area contributed by atoms with Gasteiger partial charge < -0.3 is 9.64 Å². The van der Waals surface area contributed by atoms with E-state index in [1.54, 1.807) is 0 Å². The van der Waals surface area contributed by atoms with Crippen LogP contribution in [0.5, 0.6) is 5.75 Å². The van der Waals surface area contributed by atoms with Crippen LogP contribution >= 0.6 is 11.6 Å². The molecule has 96 valence electrons. The smallest absolute Gasteiger partial charge is 0.165 e. The van der Waals surface area contributed by atoms with E-state index in [1.165, 1.54) is 13.2 Å². The third kappa shape index (κ3) is 4.13. The first kappa shape index (κ1) is 14.2. The van der Waals surface area contributed by atoms with Gasteiger partial charge in [0.2, 0.25) is 0 Å². The average molecular weight is 264 g/mol. The number of halogens is 3. The second-order valence-electron chi connectivity index (χ2n) is 3.86. The van der Waals surface area contributed by atoms with Gasteiger partial charge in [-0.25, -0.2) is 8.78 Å². The van der Waals surface area contributed by atoms with Crippen LogP contribution in [-0.4, -0.2) is 31.5 Å². The summed E-state index contributed by atoms with van der Waals surface area (Å²) in [7, 11) is 3.15. The van der Waals surface area contributed by atoms with Gasteiger partial charge in [0.25, 0.3) is 0 Å². The maximum absolute atomic E-state index is 13.6. The highest BCUT2D eigenvalue weighted by Gasteiger charge is 2.11. The standard InChI is InChI=1S/C12H16ClF2NO/c1-16(5-3-4-13)8-9-6-11(15)12(17-2)7-10(9)14/h6-7H,3-5,8H2,1-2H3. The highest BCUT2D eigenvalue weighted by Crippen LogP contribution is 2.22. The van der Waals surface area contributed by atoms with Crippen molar-refractivity contribution in [3.63, 3.8) is 0 Å². The van der Waals surface area contributed by atoms with Gasteiger partial charge in [-0.3, -0.25) is 0 Å². The topological polar surface area (TPSA) is 12.5 Å². The van der Waals surface area contributed by atoms with E-state index < -0.39 is 11.6 Å². The minimum Gasteiger partial charge on any atom is -0.494 e. The molecule has 0 heterocycles. The quantitative estimate of drug-likeness (QED) is 0.732. The summed E-state index contributed by atoms with van der Waals surface area (Å²) < 4.78 is 31.7. The summed E-state index contributed by atoms with van der Waals surface area (Å²) in [6.45, 7) is 1.10. The Morgan fingerprint density at radius 1 is 1.29 bits per heavy atom. The summed E-state index contributed by atoms with van der Waals surface area (Å²) in [5.74, 6) is -0.519. The molecule has 0 spiro atoms. The molecule has 0 atom stereocenters. The minimum absolute atomic E-state index is 0.0744. The molecule has 0 amide bonds. The Labute approximate surface area is 105 Å². The molecule has 0 fully saturated rings. The number of alkyl halides is 1. The Hall–Kier alpha value is -0.870. The molecule has 0 aliphatic rings. The third-order valence-electron chi connectivity index (χ3n) is 2.43. The zero-order valence-electron chi connectivity index (χ0n) is 9.97. The minimum atomic E-state index is -0.547. The summed E-state index contributed by atoms with van der Waals surface area (Å²) in [6.07, 6.45) is 0.818. The number of methoxy groups -OCH3 is 1. The van der Waals surface area contributed by atoms with Crippen molar-refractivity contribution in [1.29, 1.82) is 0 Å². The van der Waals surface area contributed by atoms with Crippen molar-refractivity contribution in [3.05, 3.63) is 29.3 Å². The molecule has 1 rings (SSSR count). The lowest BCUT2D eigenvalue weighted by Crippen LogP contribution is -2.20. The van der Waals surface area contributed by atoms with Crippen molar-refractivity contribution in [2.45, 2.75) is 13.0 Å². The lowest BCUT2D eigenvalue weighted by Gasteiger charge is -2.16. The Kier molecular flexibility index (Phi) is 5.65. The molecule has 5 heteroatoms. The molecule has 0 bridgehead atoms. The fourth-order valence-electron chi connectivity index (χ4n) is 1.55. The van der Waals surface area contributed by atoms with Gasteiger partial charge in [0, 0.05) is 24.1 Å². The summed E-state index contributed by atoms with van der Waals surface area (Å²) in [4.78, 5) is 1.90. The van der Waals surface area contributed by atoms with Gasteiger partial charge >= 0.3 is 0 Å². The van der Waals surface area contributed by atoms with Crippen LogP contribution in [0.15, 0.2) is 12.1 Å². The van der Waals surface area contributed by atoms with Crippen LogP contribution in [0.25, 0.3) is 0 Å². The van der Waals surface area contributed by atoms with E-state index in [0.717, 1.165) is 19.0 Å². The predicted molar refractivity (Wildman–Crippen MR) is 64.6 cm³/mol. The van der Waals surface area contributed by atoms with Crippen molar-refractivity contribution in [2.75, 3.05) is 26.6 Å². The molecule has 0 aromatic heterocycles. The molecular weight excluding hydrogens is 248 g/mol. The van der Waals surface area contributed by atoms with Gasteiger partial charge in [-0.2, -0.15) is 0 Å². The molecule has 0 radical (unpaired) electrons. The molecule has 2 nitrogen and oxygen atoms in total. The zero-order chi connectivity index (χ0) is 12.8. The Morgan fingerprint density at radius 3 is 2.59 bits per heavy atom. The van der Waals surface area contributed by atoms with Crippen LogP contribution in [-0.2, 0) is 6.54 Å². The number of nitrogens with zero attached hydrogens (tertiary/aromatic N) is 1. The van der Waals surface area contributed by atoms with Crippen LogP contribution in [0, 0.1) is 11.6 Å². The summed E-state index contributed by atoms with van der Waals surface area (Å²) in [5.41, 5.74) is 0.320. The fourth-order valence-corrected chi connectivity index (χ4v) is 1.67. The average Bonchev–Trinajstić information content (AvgIpc) is 2.30. The molecule has 0 saturated heterocycles. The van der Waals surface area contributed by atoms with Crippen molar-refractivity contribution in [1.82, 2.24) is 4.90 Å².